The number of pyridine rings is 1. The van der Waals surface area contributed by atoms with Gasteiger partial charge in [-0.05, 0) is 50.1 Å². The Morgan fingerprint density at radius 3 is 2.76 bits per heavy atom. The molecule has 0 saturated carbocycles. The number of hydrogen-bond acceptors (Lipinski definition) is 3. The third-order valence-corrected chi connectivity index (χ3v) is 4.20. The maximum absolute atomic E-state index is 12.8. The second-order valence-corrected chi connectivity index (χ2v) is 6.79. The van der Waals surface area contributed by atoms with Gasteiger partial charge in [0.25, 0.3) is 5.91 Å². The first-order valence-corrected chi connectivity index (χ1v) is 6.85. The van der Waals surface area contributed by atoms with E-state index in [4.69, 9.17) is 0 Å². The molecule has 0 aliphatic carbocycles. The van der Waals surface area contributed by atoms with Gasteiger partial charge < -0.3 is 5.32 Å². The molecule has 0 unspecified atom stereocenters. The van der Waals surface area contributed by atoms with Gasteiger partial charge in [0.2, 0.25) is 5.95 Å². The van der Waals surface area contributed by atoms with E-state index in [0.717, 1.165) is 3.79 Å². The number of halogens is 3. The van der Waals surface area contributed by atoms with Crippen molar-refractivity contribution in [3.8, 4) is 0 Å². The Kier molecular flexibility index (Phi) is 3.90. The summed E-state index contributed by atoms with van der Waals surface area (Å²) in [5, 5.41) is 2.52. The van der Waals surface area contributed by atoms with Crippen LogP contribution < -0.4 is 5.32 Å². The van der Waals surface area contributed by atoms with Gasteiger partial charge in [-0.15, -0.1) is 11.3 Å². The Hall–Kier alpha value is -0.790. The number of aromatic nitrogens is 1. The van der Waals surface area contributed by atoms with Gasteiger partial charge in [0, 0.05) is 0 Å². The van der Waals surface area contributed by atoms with Crippen LogP contribution >= 0.6 is 43.2 Å². The van der Waals surface area contributed by atoms with E-state index in [1.54, 1.807) is 6.07 Å². The first kappa shape index (κ1) is 12.7. The number of thiophene rings is 1. The smallest absolute Gasteiger partial charge is 0.258 e. The Balaban J connectivity index is 2.20. The van der Waals surface area contributed by atoms with Gasteiger partial charge in [-0.1, -0.05) is 6.07 Å². The quantitative estimate of drug-likeness (QED) is 0.799. The van der Waals surface area contributed by atoms with Crippen molar-refractivity contribution in [2.24, 2.45) is 0 Å². The molecule has 88 valence electrons. The maximum atomic E-state index is 12.8. The van der Waals surface area contributed by atoms with Crippen LogP contribution in [0.3, 0.4) is 0 Å². The number of nitrogens with zero attached hydrogens (tertiary/aromatic N) is 1. The molecule has 0 aliphatic rings. The van der Waals surface area contributed by atoms with E-state index in [1.165, 1.54) is 29.5 Å². The average molecular weight is 380 g/mol. The highest BCUT2D eigenvalue weighted by molar-refractivity contribution is 9.12. The van der Waals surface area contributed by atoms with Crippen molar-refractivity contribution in [2.45, 2.75) is 0 Å². The summed E-state index contributed by atoms with van der Waals surface area (Å²) < 4.78 is 14.4. The summed E-state index contributed by atoms with van der Waals surface area (Å²) in [6.07, 6.45) is 0. The SMILES string of the molecule is O=C(Nc1cccc(F)n1)c1cc(Br)sc1Br. The monoisotopic (exact) mass is 378 g/mol. The summed E-state index contributed by atoms with van der Waals surface area (Å²) in [5.74, 6) is -0.783. The summed E-state index contributed by atoms with van der Waals surface area (Å²) in [6.45, 7) is 0. The van der Waals surface area contributed by atoms with Crippen molar-refractivity contribution < 1.29 is 9.18 Å². The molecule has 0 fully saturated rings. The van der Waals surface area contributed by atoms with Crippen molar-refractivity contribution in [2.75, 3.05) is 5.32 Å². The molecule has 0 radical (unpaired) electrons. The van der Waals surface area contributed by atoms with Crippen LogP contribution in [0.25, 0.3) is 0 Å². The second kappa shape index (κ2) is 5.24. The van der Waals surface area contributed by atoms with Crippen LogP contribution in [0.4, 0.5) is 10.2 Å². The molecule has 0 aliphatic heterocycles. The van der Waals surface area contributed by atoms with Gasteiger partial charge in [-0.3, -0.25) is 4.79 Å². The maximum Gasteiger partial charge on any atom is 0.258 e. The first-order valence-electron chi connectivity index (χ1n) is 4.45. The van der Waals surface area contributed by atoms with E-state index in [1.807, 2.05) is 0 Å². The summed E-state index contributed by atoms with van der Waals surface area (Å²) in [6, 6.07) is 5.91. The van der Waals surface area contributed by atoms with Crippen LogP contribution in [-0.4, -0.2) is 10.9 Å². The fourth-order valence-corrected chi connectivity index (χ4v) is 3.95. The zero-order valence-electron chi connectivity index (χ0n) is 8.21. The molecule has 1 N–H and O–H groups in total. The molecule has 0 spiro atoms. The summed E-state index contributed by atoms with van der Waals surface area (Å²) in [7, 11) is 0. The Morgan fingerprint density at radius 1 is 1.41 bits per heavy atom. The summed E-state index contributed by atoms with van der Waals surface area (Å²) in [4.78, 5) is 15.4. The minimum absolute atomic E-state index is 0.184. The molecular formula is C10H5Br2FN2OS. The minimum Gasteiger partial charge on any atom is -0.306 e. The number of nitrogens with one attached hydrogen (secondary N) is 1. The van der Waals surface area contributed by atoms with Crippen molar-refractivity contribution in [3.05, 3.63) is 43.3 Å². The lowest BCUT2D eigenvalue weighted by Crippen LogP contribution is -2.12. The number of rotatable bonds is 2. The lowest BCUT2D eigenvalue weighted by atomic mass is 10.3. The van der Waals surface area contributed by atoms with E-state index in [2.05, 4.69) is 42.2 Å². The minimum atomic E-state index is -0.631. The first-order chi connectivity index (χ1) is 8.06. The van der Waals surface area contributed by atoms with Crippen LogP contribution in [0.1, 0.15) is 10.4 Å². The van der Waals surface area contributed by atoms with Gasteiger partial charge >= 0.3 is 0 Å². The zero-order valence-corrected chi connectivity index (χ0v) is 12.2. The molecule has 0 aromatic carbocycles. The van der Waals surface area contributed by atoms with Crippen molar-refractivity contribution in [3.63, 3.8) is 0 Å². The van der Waals surface area contributed by atoms with Crippen molar-refractivity contribution in [1.29, 1.82) is 0 Å². The molecule has 1 amide bonds. The third-order valence-electron chi connectivity index (χ3n) is 1.86. The fourth-order valence-electron chi connectivity index (χ4n) is 1.16. The number of carbonyl (C=O) groups excluding carboxylic acids is 1. The summed E-state index contributed by atoms with van der Waals surface area (Å²) in [5.41, 5.74) is 0.480. The zero-order chi connectivity index (χ0) is 12.4. The highest BCUT2D eigenvalue weighted by Gasteiger charge is 2.14. The standard InChI is InChI=1S/C10H5Br2FN2OS/c11-6-4-5(9(12)17-6)10(16)15-8-3-1-2-7(13)14-8/h1-4H,(H,14,15,16). The number of hydrogen-bond donors (Lipinski definition) is 1. The normalized spacial score (nSPS) is 10.3. The predicted octanol–water partition coefficient (Wildman–Crippen LogP) is 4.06. The van der Waals surface area contributed by atoms with E-state index < -0.39 is 5.95 Å². The number of anilines is 1. The van der Waals surface area contributed by atoms with E-state index in [9.17, 15) is 9.18 Å². The highest BCUT2D eigenvalue weighted by Crippen LogP contribution is 2.32. The van der Waals surface area contributed by atoms with Gasteiger partial charge in [-0.2, -0.15) is 4.39 Å². The van der Waals surface area contributed by atoms with Crippen molar-refractivity contribution in [1.82, 2.24) is 4.98 Å². The molecule has 7 heteroatoms. The van der Waals surface area contributed by atoms with Gasteiger partial charge in [-0.25, -0.2) is 4.98 Å². The fraction of sp³-hybridized carbons (Fsp3) is 0. The van der Waals surface area contributed by atoms with E-state index >= 15 is 0 Å². The second-order valence-electron chi connectivity index (χ2n) is 3.04. The van der Waals surface area contributed by atoms with Gasteiger partial charge in [0.15, 0.2) is 0 Å². The Morgan fingerprint density at radius 2 is 2.18 bits per heavy atom. The molecule has 0 atom stereocenters. The lowest BCUT2D eigenvalue weighted by molar-refractivity contribution is 0.102. The molecule has 2 heterocycles. The largest absolute Gasteiger partial charge is 0.306 e. The molecule has 2 rings (SSSR count). The Bertz CT molecular complexity index is 573. The van der Waals surface area contributed by atoms with E-state index in [0.29, 0.717) is 9.35 Å². The topological polar surface area (TPSA) is 42.0 Å². The lowest BCUT2D eigenvalue weighted by Gasteiger charge is -2.02. The van der Waals surface area contributed by atoms with Crippen molar-refractivity contribution >= 4 is 54.9 Å². The number of amides is 1. The molecule has 2 aromatic rings. The molecule has 3 nitrogen and oxygen atoms in total. The van der Waals surface area contributed by atoms with Crippen LogP contribution in [0.15, 0.2) is 31.8 Å². The third kappa shape index (κ3) is 3.11. The Labute approximate surface area is 117 Å². The molecular weight excluding hydrogens is 375 g/mol. The van der Waals surface area contributed by atoms with Gasteiger partial charge in [0.05, 0.1) is 13.1 Å². The molecule has 0 saturated heterocycles. The van der Waals surface area contributed by atoms with E-state index in [-0.39, 0.29) is 11.7 Å². The van der Waals surface area contributed by atoms with Crippen LogP contribution in [0, 0.1) is 5.95 Å². The molecule has 2 aromatic heterocycles. The molecule has 0 bridgehead atoms. The highest BCUT2D eigenvalue weighted by atomic mass is 79.9. The van der Waals surface area contributed by atoms with Crippen LogP contribution in [-0.2, 0) is 0 Å². The average Bonchev–Trinajstić information content (AvgIpc) is 2.58. The summed E-state index contributed by atoms with van der Waals surface area (Å²) >= 11 is 7.95. The van der Waals surface area contributed by atoms with Crippen LogP contribution in [0.5, 0.6) is 0 Å². The van der Waals surface area contributed by atoms with Crippen LogP contribution in [0.2, 0.25) is 0 Å². The predicted molar refractivity (Wildman–Crippen MR) is 71.9 cm³/mol. The van der Waals surface area contributed by atoms with Gasteiger partial charge in [0.1, 0.15) is 5.82 Å². The molecule has 17 heavy (non-hydrogen) atoms. The number of carbonyl (C=O) groups is 1.